The normalized spacial score (nSPS) is 10.7. The highest BCUT2D eigenvalue weighted by Crippen LogP contribution is 2.20. The van der Waals surface area contributed by atoms with Crippen molar-refractivity contribution < 1.29 is 17.9 Å². The summed E-state index contributed by atoms with van der Waals surface area (Å²) < 4.78 is 37.1. The largest absolute Gasteiger partial charge is 0.463 e. The van der Waals surface area contributed by atoms with E-state index >= 15 is 0 Å². The van der Waals surface area contributed by atoms with Crippen LogP contribution in [-0.2, 0) is 14.8 Å². The smallest absolute Gasteiger partial charge is 0.240 e. The molecule has 1 aromatic heterocycles. The summed E-state index contributed by atoms with van der Waals surface area (Å²) in [7, 11) is -2.04. The van der Waals surface area contributed by atoms with Crippen molar-refractivity contribution in [3.63, 3.8) is 0 Å². The molecule has 0 saturated heterocycles. The number of nitrogens with zero attached hydrogens (tertiary/aromatic N) is 3. The molecular formula is C18H19N5O4S. The van der Waals surface area contributed by atoms with Crippen molar-refractivity contribution in [3.8, 4) is 24.3 Å². The molecule has 0 saturated carbocycles. The molecule has 0 aliphatic heterocycles. The van der Waals surface area contributed by atoms with Gasteiger partial charge in [-0.2, -0.15) is 10.2 Å². The fourth-order valence-corrected chi connectivity index (χ4v) is 3.15. The van der Waals surface area contributed by atoms with E-state index in [9.17, 15) is 8.42 Å². The fraction of sp³-hybridized carbons (Fsp3) is 0.278. The number of methoxy groups -OCH3 is 1. The molecule has 0 aliphatic rings. The van der Waals surface area contributed by atoms with E-state index in [0.29, 0.717) is 18.7 Å². The van der Waals surface area contributed by atoms with E-state index in [1.165, 1.54) is 18.3 Å². The van der Waals surface area contributed by atoms with E-state index in [2.05, 4.69) is 25.9 Å². The van der Waals surface area contributed by atoms with Gasteiger partial charge in [-0.05, 0) is 30.7 Å². The van der Waals surface area contributed by atoms with E-state index in [0.717, 1.165) is 0 Å². The van der Waals surface area contributed by atoms with E-state index in [4.69, 9.17) is 21.2 Å². The number of aromatic nitrogens is 2. The summed E-state index contributed by atoms with van der Waals surface area (Å²) >= 11 is 0. The standard InChI is InChI=1S/C18H19N5O4S/c1-3-10-27-17-14(12-19)13-20-18(23-17)22-15-5-7-16(8-6-15)28(24,25)21-9-4-11-26-2/h1,5-8,13,21H,4,9-11H2,2H3,(H,20,22,23). The van der Waals surface area contributed by atoms with Crippen LogP contribution in [0.2, 0.25) is 0 Å². The first-order valence-corrected chi connectivity index (χ1v) is 9.67. The molecule has 28 heavy (non-hydrogen) atoms. The minimum atomic E-state index is -3.60. The summed E-state index contributed by atoms with van der Waals surface area (Å²) in [6, 6.07) is 7.99. The fourth-order valence-electron chi connectivity index (χ4n) is 2.08. The quantitative estimate of drug-likeness (QED) is 0.452. The molecule has 9 nitrogen and oxygen atoms in total. The lowest BCUT2D eigenvalue weighted by molar-refractivity contribution is 0.196. The average molecular weight is 401 g/mol. The lowest BCUT2D eigenvalue weighted by atomic mass is 10.3. The number of hydrogen-bond acceptors (Lipinski definition) is 8. The highest BCUT2D eigenvalue weighted by molar-refractivity contribution is 7.89. The van der Waals surface area contributed by atoms with Crippen LogP contribution in [0, 0.1) is 23.7 Å². The number of ether oxygens (including phenoxy) is 2. The van der Waals surface area contributed by atoms with Gasteiger partial charge in [-0.25, -0.2) is 18.1 Å². The molecule has 0 amide bonds. The van der Waals surface area contributed by atoms with E-state index < -0.39 is 10.0 Å². The van der Waals surface area contributed by atoms with Gasteiger partial charge in [0.2, 0.25) is 21.9 Å². The van der Waals surface area contributed by atoms with Crippen LogP contribution < -0.4 is 14.8 Å². The number of nitriles is 1. The molecule has 0 aliphatic carbocycles. The number of rotatable bonds is 10. The van der Waals surface area contributed by atoms with Crippen molar-refractivity contribution in [2.75, 3.05) is 32.2 Å². The first-order valence-electron chi connectivity index (χ1n) is 8.19. The van der Waals surface area contributed by atoms with Gasteiger partial charge < -0.3 is 14.8 Å². The summed E-state index contributed by atoms with van der Waals surface area (Å²) in [5.41, 5.74) is 0.715. The number of terminal acetylenes is 1. The predicted octanol–water partition coefficient (Wildman–Crippen LogP) is 1.42. The summed E-state index contributed by atoms with van der Waals surface area (Å²) in [6.45, 7) is 0.730. The second-order valence-electron chi connectivity index (χ2n) is 5.41. The van der Waals surface area contributed by atoms with Crippen LogP contribution in [0.5, 0.6) is 5.88 Å². The van der Waals surface area contributed by atoms with Crippen molar-refractivity contribution >= 4 is 21.7 Å². The van der Waals surface area contributed by atoms with Crippen LogP contribution in [0.1, 0.15) is 12.0 Å². The zero-order valence-corrected chi connectivity index (χ0v) is 16.0. The molecule has 0 fully saturated rings. The van der Waals surface area contributed by atoms with Gasteiger partial charge >= 0.3 is 0 Å². The molecule has 146 valence electrons. The van der Waals surface area contributed by atoms with E-state index in [-0.39, 0.29) is 35.4 Å². The Bertz CT molecular complexity index is 979. The monoisotopic (exact) mass is 401 g/mol. The van der Waals surface area contributed by atoms with E-state index in [1.54, 1.807) is 19.2 Å². The molecule has 2 rings (SSSR count). The van der Waals surface area contributed by atoms with Gasteiger partial charge in [-0.15, -0.1) is 6.42 Å². The Kier molecular flexibility index (Phi) is 7.72. The maximum Gasteiger partial charge on any atom is 0.240 e. The molecule has 2 aromatic rings. The van der Waals surface area contributed by atoms with Gasteiger partial charge in [-0.3, -0.25) is 0 Å². The zero-order chi connectivity index (χ0) is 20.4. The Labute approximate surface area is 163 Å². The summed E-state index contributed by atoms with van der Waals surface area (Å²) in [6.07, 6.45) is 7.04. The maximum atomic E-state index is 12.2. The first-order chi connectivity index (χ1) is 13.5. The van der Waals surface area contributed by atoms with Crippen molar-refractivity contribution in [1.29, 1.82) is 5.26 Å². The minimum absolute atomic E-state index is 0.0327. The van der Waals surface area contributed by atoms with Gasteiger partial charge in [-0.1, -0.05) is 5.92 Å². The van der Waals surface area contributed by atoms with Gasteiger partial charge in [0.15, 0.2) is 6.61 Å². The number of hydrogen-bond donors (Lipinski definition) is 2. The Morgan fingerprint density at radius 1 is 1.29 bits per heavy atom. The summed E-state index contributed by atoms with van der Waals surface area (Å²) in [5, 5.41) is 12.0. The van der Waals surface area contributed by atoms with Gasteiger partial charge in [0.05, 0.1) is 11.1 Å². The van der Waals surface area contributed by atoms with Crippen LogP contribution in [0.3, 0.4) is 0 Å². The van der Waals surface area contributed by atoms with Crippen LogP contribution >= 0.6 is 0 Å². The number of sulfonamides is 1. The topological polar surface area (TPSA) is 126 Å². The molecule has 2 N–H and O–H groups in total. The predicted molar refractivity (Wildman–Crippen MR) is 102 cm³/mol. The third kappa shape index (κ3) is 5.93. The average Bonchev–Trinajstić information content (AvgIpc) is 2.70. The molecule has 0 radical (unpaired) electrons. The highest BCUT2D eigenvalue weighted by atomic mass is 32.2. The third-order valence-electron chi connectivity index (χ3n) is 3.40. The van der Waals surface area contributed by atoms with Crippen LogP contribution in [0.15, 0.2) is 35.4 Å². The zero-order valence-electron chi connectivity index (χ0n) is 15.2. The molecule has 1 heterocycles. The number of anilines is 2. The highest BCUT2D eigenvalue weighted by Gasteiger charge is 2.13. The maximum absolute atomic E-state index is 12.2. The van der Waals surface area contributed by atoms with E-state index in [1.807, 2.05) is 6.07 Å². The minimum Gasteiger partial charge on any atom is -0.463 e. The van der Waals surface area contributed by atoms with Crippen molar-refractivity contribution in [3.05, 3.63) is 36.0 Å². The Morgan fingerprint density at radius 2 is 2.04 bits per heavy atom. The summed E-state index contributed by atoms with van der Waals surface area (Å²) in [4.78, 5) is 8.26. The third-order valence-corrected chi connectivity index (χ3v) is 4.88. The van der Waals surface area contributed by atoms with Crippen molar-refractivity contribution in [2.45, 2.75) is 11.3 Å². The molecule has 0 unspecified atom stereocenters. The number of nitrogens with one attached hydrogen (secondary N) is 2. The first kappa shape index (κ1) is 21.1. The van der Waals surface area contributed by atoms with Crippen LogP contribution in [0.25, 0.3) is 0 Å². The molecule has 0 atom stereocenters. The van der Waals surface area contributed by atoms with Crippen LogP contribution in [0.4, 0.5) is 11.6 Å². The van der Waals surface area contributed by atoms with Crippen molar-refractivity contribution in [1.82, 2.24) is 14.7 Å². The van der Waals surface area contributed by atoms with Gasteiger partial charge in [0.1, 0.15) is 11.6 Å². The molecular weight excluding hydrogens is 382 g/mol. The molecule has 0 bridgehead atoms. The Morgan fingerprint density at radius 3 is 2.68 bits per heavy atom. The van der Waals surface area contributed by atoms with Crippen molar-refractivity contribution in [2.24, 2.45) is 0 Å². The van der Waals surface area contributed by atoms with Gasteiger partial charge in [0.25, 0.3) is 0 Å². The Hall–Kier alpha value is -3.18. The molecule has 10 heteroatoms. The summed E-state index contributed by atoms with van der Waals surface area (Å²) in [5.74, 6) is 2.54. The molecule has 1 aromatic carbocycles. The second-order valence-corrected chi connectivity index (χ2v) is 7.18. The second kappa shape index (κ2) is 10.2. The van der Waals surface area contributed by atoms with Gasteiger partial charge in [0, 0.05) is 25.9 Å². The number of benzene rings is 1. The lowest BCUT2D eigenvalue weighted by Crippen LogP contribution is -2.25. The lowest BCUT2D eigenvalue weighted by Gasteiger charge is -2.09. The molecule has 0 spiro atoms. The SMILES string of the molecule is C#CCOc1nc(Nc2ccc(S(=O)(=O)NCCCOC)cc2)ncc1C#N. The van der Waals surface area contributed by atoms with Crippen LogP contribution in [-0.4, -0.2) is 45.3 Å². The Balaban J connectivity index is 2.08.